The van der Waals surface area contributed by atoms with Gasteiger partial charge in [-0.3, -0.25) is 10.1 Å². The molecule has 3 aromatic rings. The van der Waals surface area contributed by atoms with Crippen molar-refractivity contribution < 1.29 is 4.92 Å². The summed E-state index contributed by atoms with van der Waals surface area (Å²) in [4.78, 5) is 15.5. The molecule has 1 aliphatic heterocycles. The number of hydrogen-bond acceptors (Lipinski definition) is 8. The van der Waals surface area contributed by atoms with Crippen molar-refractivity contribution in [1.29, 1.82) is 0 Å². The number of hydrogen-bond donors (Lipinski definition) is 0. The second-order valence-electron chi connectivity index (χ2n) is 7.65. The highest BCUT2D eigenvalue weighted by atomic mass is 32.2. The molecule has 4 rings (SSSR count). The molecule has 1 saturated heterocycles. The molecule has 0 saturated carbocycles. The summed E-state index contributed by atoms with van der Waals surface area (Å²) in [7, 11) is 2.10. The molecule has 0 bridgehead atoms. The number of rotatable bonds is 7. The van der Waals surface area contributed by atoms with Gasteiger partial charge in [-0.15, -0.1) is 10.2 Å². The maximum absolute atomic E-state index is 11.4. The zero-order chi connectivity index (χ0) is 22.5. The molecular weight excluding hydrogens is 426 g/mol. The topological polar surface area (TPSA) is 92.7 Å². The van der Waals surface area contributed by atoms with Gasteiger partial charge in [0.25, 0.3) is 5.69 Å². The highest BCUT2D eigenvalue weighted by molar-refractivity contribution is 7.98. The first kappa shape index (κ1) is 22.0. The molecule has 0 unspecified atom stereocenters. The van der Waals surface area contributed by atoms with Crippen LogP contribution in [0.1, 0.15) is 17.0 Å². The summed E-state index contributed by atoms with van der Waals surface area (Å²) in [6.07, 6.45) is 1.67. The third kappa shape index (κ3) is 5.14. The van der Waals surface area contributed by atoms with Gasteiger partial charge in [-0.25, -0.2) is 0 Å². The molecule has 0 aliphatic carbocycles. The molecule has 32 heavy (non-hydrogen) atoms. The monoisotopic (exact) mass is 451 g/mol. The minimum absolute atomic E-state index is 0.0449. The summed E-state index contributed by atoms with van der Waals surface area (Å²) in [5.74, 6) is 1.40. The van der Waals surface area contributed by atoms with Crippen molar-refractivity contribution in [1.82, 2.24) is 19.8 Å². The Labute approximate surface area is 190 Å². The number of aryl methyl sites for hydroxylation is 1. The van der Waals surface area contributed by atoms with Gasteiger partial charge >= 0.3 is 0 Å². The standard InChI is InChI=1S/C22H25N7O2S/c1-17-24-25-22(32-16-18-6-4-3-5-7-18)28(17)23-15-19-14-20(29(30)31)8-9-21(19)27-12-10-26(2)11-13-27/h3-9,14-15H,10-13,16H2,1-2H3/b23-15-. The predicted octanol–water partition coefficient (Wildman–Crippen LogP) is 3.42. The average Bonchev–Trinajstić information content (AvgIpc) is 3.16. The van der Waals surface area contributed by atoms with Gasteiger partial charge in [0.15, 0.2) is 5.82 Å². The van der Waals surface area contributed by atoms with E-state index in [0.29, 0.717) is 16.5 Å². The maximum atomic E-state index is 11.4. The molecule has 1 aliphatic rings. The van der Waals surface area contributed by atoms with Gasteiger partial charge in [-0.05, 0) is 25.6 Å². The summed E-state index contributed by atoms with van der Waals surface area (Å²) < 4.78 is 1.68. The number of nitro groups is 1. The molecule has 0 N–H and O–H groups in total. The molecule has 0 amide bonds. The van der Waals surface area contributed by atoms with E-state index in [2.05, 4.69) is 44.3 Å². The second kappa shape index (κ2) is 9.92. The number of aromatic nitrogens is 3. The van der Waals surface area contributed by atoms with Crippen LogP contribution in [0.3, 0.4) is 0 Å². The fourth-order valence-corrected chi connectivity index (χ4v) is 4.39. The van der Waals surface area contributed by atoms with E-state index in [4.69, 9.17) is 0 Å². The number of anilines is 1. The molecule has 166 valence electrons. The average molecular weight is 452 g/mol. The van der Waals surface area contributed by atoms with Crippen LogP contribution in [0.5, 0.6) is 0 Å². The Morgan fingerprint density at radius 1 is 1.12 bits per heavy atom. The van der Waals surface area contributed by atoms with Crippen molar-refractivity contribution in [3.05, 3.63) is 75.6 Å². The lowest BCUT2D eigenvalue weighted by Crippen LogP contribution is -2.44. The zero-order valence-electron chi connectivity index (χ0n) is 18.1. The molecule has 10 heteroatoms. The fourth-order valence-electron chi connectivity index (χ4n) is 3.50. The Morgan fingerprint density at radius 2 is 1.88 bits per heavy atom. The molecule has 2 aromatic carbocycles. The Kier molecular flexibility index (Phi) is 6.81. The van der Waals surface area contributed by atoms with E-state index in [1.165, 1.54) is 5.56 Å². The van der Waals surface area contributed by atoms with Gasteiger partial charge in [0.1, 0.15) is 0 Å². The van der Waals surface area contributed by atoms with E-state index in [0.717, 1.165) is 37.6 Å². The van der Waals surface area contributed by atoms with Crippen LogP contribution in [-0.2, 0) is 5.75 Å². The number of benzene rings is 2. The first-order chi connectivity index (χ1) is 15.5. The fraction of sp³-hybridized carbons (Fsp3) is 0.318. The molecule has 1 fully saturated rings. The first-order valence-corrected chi connectivity index (χ1v) is 11.3. The van der Waals surface area contributed by atoms with Crippen molar-refractivity contribution >= 4 is 29.4 Å². The van der Waals surface area contributed by atoms with Gasteiger partial charge in [0.2, 0.25) is 5.16 Å². The van der Waals surface area contributed by atoms with Gasteiger partial charge in [-0.2, -0.15) is 9.78 Å². The summed E-state index contributed by atoms with van der Waals surface area (Å²) in [5.41, 5.74) is 2.88. The SMILES string of the molecule is Cc1nnc(SCc2ccccc2)n1/N=C\c1cc([N+](=O)[O-])ccc1N1CCN(C)CC1. The molecule has 2 heterocycles. The van der Waals surface area contributed by atoms with Crippen LogP contribution >= 0.6 is 11.8 Å². The number of piperazine rings is 1. The summed E-state index contributed by atoms with van der Waals surface area (Å²) in [6.45, 7) is 5.44. The first-order valence-electron chi connectivity index (χ1n) is 10.4. The van der Waals surface area contributed by atoms with E-state index in [1.807, 2.05) is 31.2 Å². The minimum Gasteiger partial charge on any atom is -0.368 e. The number of likely N-dealkylation sites (N-methyl/N-ethyl adjacent to an activating group) is 1. The van der Waals surface area contributed by atoms with E-state index < -0.39 is 0 Å². The summed E-state index contributed by atoms with van der Waals surface area (Å²) in [5, 5.41) is 25.0. The second-order valence-corrected chi connectivity index (χ2v) is 8.59. The van der Waals surface area contributed by atoms with Crippen LogP contribution in [0, 0.1) is 17.0 Å². The van der Waals surface area contributed by atoms with Crippen molar-refractivity contribution in [2.75, 3.05) is 38.1 Å². The van der Waals surface area contributed by atoms with Gasteiger partial charge < -0.3 is 9.80 Å². The van der Waals surface area contributed by atoms with Crippen molar-refractivity contribution in [2.24, 2.45) is 5.10 Å². The lowest BCUT2D eigenvalue weighted by atomic mass is 10.1. The van der Waals surface area contributed by atoms with Gasteiger partial charge in [-0.1, -0.05) is 42.1 Å². The Hall–Kier alpha value is -3.24. The lowest BCUT2D eigenvalue weighted by Gasteiger charge is -2.34. The van der Waals surface area contributed by atoms with Crippen molar-refractivity contribution in [3.63, 3.8) is 0 Å². The van der Waals surface area contributed by atoms with E-state index in [-0.39, 0.29) is 10.6 Å². The van der Waals surface area contributed by atoms with Crippen molar-refractivity contribution in [2.45, 2.75) is 17.8 Å². The van der Waals surface area contributed by atoms with Crippen LogP contribution in [0.15, 0.2) is 58.8 Å². The maximum Gasteiger partial charge on any atom is 0.270 e. The Morgan fingerprint density at radius 3 is 2.59 bits per heavy atom. The van der Waals surface area contributed by atoms with Crippen LogP contribution in [0.25, 0.3) is 0 Å². The summed E-state index contributed by atoms with van der Waals surface area (Å²) >= 11 is 1.55. The smallest absolute Gasteiger partial charge is 0.270 e. The molecule has 0 radical (unpaired) electrons. The highest BCUT2D eigenvalue weighted by Crippen LogP contribution is 2.26. The van der Waals surface area contributed by atoms with E-state index in [9.17, 15) is 10.1 Å². The highest BCUT2D eigenvalue weighted by Gasteiger charge is 2.19. The molecule has 9 nitrogen and oxygen atoms in total. The normalized spacial score (nSPS) is 14.9. The Balaban J connectivity index is 1.60. The summed E-state index contributed by atoms with van der Waals surface area (Å²) in [6, 6.07) is 15.1. The predicted molar refractivity (Wildman–Crippen MR) is 127 cm³/mol. The lowest BCUT2D eigenvalue weighted by molar-refractivity contribution is -0.384. The Bertz CT molecular complexity index is 1110. The molecular formula is C22H25N7O2S. The zero-order valence-corrected chi connectivity index (χ0v) is 18.9. The minimum atomic E-state index is -0.379. The molecule has 0 atom stereocenters. The third-order valence-corrected chi connectivity index (χ3v) is 6.35. The quantitative estimate of drug-likeness (QED) is 0.235. The molecule has 1 aromatic heterocycles. The number of non-ortho nitro benzene ring substituents is 1. The van der Waals surface area contributed by atoms with Crippen LogP contribution in [0.2, 0.25) is 0 Å². The van der Waals surface area contributed by atoms with Crippen LogP contribution in [-0.4, -0.2) is 64.1 Å². The van der Waals surface area contributed by atoms with E-state index >= 15 is 0 Å². The molecule has 0 spiro atoms. The van der Waals surface area contributed by atoms with Crippen molar-refractivity contribution in [3.8, 4) is 0 Å². The number of nitro benzene ring substituents is 1. The third-order valence-electron chi connectivity index (χ3n) is 5.36. The van der Waals surface area contributed by atoms with E-state index in [1.54, 1.807) is 34.8 Å². The number of thioether (sulfide) groups is 1. The van der Waals surface area contributed by atoms with Gasteiger partial charge in [0, 0.05) is 55.3 Å². The van der Waals surface area contributed by atoms with Gasteiger partial charge in [0.05, 0.1) is 11.1 Å². The van der Waals surface area contributed by atoms with Crippen LogP contribution < -0.4 is 4.90 Å². The largest absolute Gasteiger partial charge is 0.368 e. The van der Waals surface area contributed by atoms with Crippen LogP contribution in [0.4, 0.5) is 11.4 Å². The number of nitrogens with zero attached hydrogens (tertiary/aromatic N) is 7.